The fourth-order valence-electron chi connectivity index (χ4n) is 4.81. The summed E-state index contributed by atoms with van der Waals surface area (Å²) in [5.41, 5.74) is -1.20. The Morgan fingerprint density at radius 1 is 1.41 bits per heavy atom. The molecule has 1 unspecified atom stereocenters. The average Bonchev–Trinajstić information content (AvgIpc) is 2.65. The highest BCUT2D eigenvalue weighted by molar-refractivity contribution is 6.32. The number of likely N-dealkylation sites (tertiary alicyclic amines) is 1. The number of nitrogens with one attached hydrogen (secondary N) is 1. The molecule has 4 rings (SSSR count). The van der Waals surface area contributed by atoms with E-state index in [1.165, 1.54) is 12.1 Å². The number of hydrogen-bond acceptors (Lipinski definition) is 5. The number of benzene rings is 1. The first kappa shape index (κ1) is 20.8. The molecule has 1 spiro atoms. The van der Waals surface area contributed by atoms with Crippen molar-refractivity contribution in [1.82, 2.24) is 10.2 Å². The monoisotopic (exact) mass is 426 g/mol. The fraction of sp³-hybridized carbons (Fsp3) is 0.667. The molecule has 1 saturated carbocycles. The summed E-state index contributed by atoms with van der Waals surface area (Å²) >= 11 is 6.02. The van der Waals surface area contributed by atoms with Crippen LogP contribution in [0.1, 0.15) is 32.6 Å². The van der Waals surface area contributed by atoms with Crippen LogP contribution in [0.4, 0.5) is 4.39 Å². The number of piperidine rings is 1. The van der Waals surface area contributed by atoms with Crippen LogP contribution in [-0.2, 0) is 9.53 Å². The van der Waals surface area contributed by atoms with Gasteiger partial charge in [-0.3, -0.25) is 9.69 Å². The molecule has 8 heteroatoms. The Balaban J connectivity index is 1.25. The lowest BCUT2D eigenvalue weighted by atomic mass is 9.63. The number of halogens is 2. The van der Waals surface area contributed by atoms with E-state index in [2.05, 4.69) is 10.2 Å². The lowest BCUT2D eigenvalue weighted by molar-refractivity contribution is -0.196. The molecule has 6 nitrogen and oxygen atoms in total. The van der Waals surface area contributed by atoms with Crippen LogP contribution in [0.25, 0.3) is 0 Å². The Hall–Kier alpha value is -1.41. The number of ether oxygens (including phenoxy) is 2. The standard InChI is InChI=1S/C21H28ClFN2O4/c1-20(27,15-9-21(10-15)13-28-12-19(26)24-21)25-6-4-14(5-7-25)11-29-18-3-2-16(23)8-17(18)22/h2-3,8,14-15,27H,4-7,9-13H2,1H3,(H,24,26). The minimum atomic E-state index is -0.903. The topological polar surface area (TPSA) is 71.0 Å². The summed E-state index contributed by atoms with van der Waals surface area (Å²) in [5.74, 6) is 0.516. The molecule has 1 aliphatic carbocycles. The number of nitrogens with zero attached hydrogens (tertiary/aromatic N) is 1. The van der Waals surface area contributed by atoms with Gasteiger partial charge in [-0.1, -0.05) is 11.6 Å². The van der Waals surface area contributed by atoms with Gasteiger partial charge in [0.1, 0.15) is 23.9 Å². The van der Waals surface area contributed by atoms with Crippen LogP contribution in [0.15, 0.2) is 18.2 Å². The second kappa shape index (κ2) is 8.02. The van der Waals surface area contributed by atoms with E-state index in [0.29, 0.717) is 24.9 Å². The Kier molecular flexibility index (Phi) is 5.77. The molecule has 2 heterocycles. The smallest absolute Gasteiger partial charge is 0.246 e. The van der Waals surface area contributed by atoms with E-state index < -0.39 is 5.72 Å². The van der Waals surface area contributed by atoms with E-state index in [1.54, 1.807) is 6.07 Å². The van der Waals surface area contributed by atoms with Gasteiger partial charge in [-0.05, 0) is 56.7 Å². The van der Waals surface area contributed by atoms with Crippen LogP contribution in [0.5, 0.6) is 5.75 Å². The summed E-state index contributed by atoms with van der Waals surface area (Å²) in [4.78, 5) is 13.8. The molecular formula is C21H28ClFN2O4. The van der Waals surface area contributed by atoms with Gasteiger partial charge in [0.25, 0.3) is 0 Å². The van der Waals surface area contributed by atoms with Crippen LogP contribution in [0.3, 0.4) is 0 Å². The maximum Gasteiger partial charge on any atom is 0.246 e. The van der Waals surface area contributed by atoms with Crippen molar-refractivity contribution in [3.63, 3.8) is 0 Å². The van der Waals surface area contributed by atoms with Crippen molar-refractivity contribution in [3.05, 3.63) is 29.0 Å². The highest BCUT2D eigenvalue weighted by atomic mass is 35.5. The molecule has 1 aromatic carbocycles. The van der Waals surface area contributed by atoms with Crippen molar-refractivity contribution in [2.24, 2.45) is 11.8 Å². The molecule has 2 saturated heterocycles. The second-order valence-electron chi connectivity index (χ2n) is 8.84. The van der Waals surface area contributed by atoms with Crippen molar-refractivity contribution in [3.8, 4) is 5.75 Å². The number of morpholine rings is 1. The number of rotatable bonds is 5. The maximum absolute atomic E-state index is 13.1. The molecule has 1 amide bonds. The summed E-state index contributed by atoms with van der Waals surface area (Å²) in [7, 11) is 0. The first-order valence-electron chi connectivity index (χ1n) is 10.2. The lowest BCUT2D eigenvalue weighted by Crippen LogP contribution is -2.69. The highest BCUT2D eigenvalue weighted by Gasteiger charge is 2.55. The minimum absolute atomic E-state index is 0.0728. The van der Waals surface area contributed by atoms with Crippen molar-refractivity contribution in [2.75, 3.05) is 32.9 Å². The summed E-state index contributed by atoms with van der Waals surface area (Å²) in [6.07, 6.45) is 3.29. The maximum atomic E-state index is 13.1. The molecule has 3 aliphatic rings. The van der Waals surface area contributed by atoms with Crippen LogP contribution >= 0.6 is 11.6 Å². The first-order chi connectivity index (χ1) is 13.8. The van der Waals surface area contributed by atoms with E-state index >= 15 is 0 Å². The molecule has 2 aliphatic heterocycles. The van der Waals surface area contributed by atoms with Crippen LogP contribution in [-0.4, -0.2) is 60.1 Å². The van der Waals surface area contributed by atoms with Gasteiger partial charge in [0, 0.05) is 19.0 Å². The fourth-order valence-corrected chi connectivity index (χ4v) is 5.03. The Morgan fingerprint density at radius 2 is 2.14 bits per heavy atom. The third kappa shape index (κ3) is 4.38. The van der Waals surface area contributed by atoms with Crippen LogP contribution in [0, 0.1) is 17.7 Å². The zero-order valence-electron chi connectivity index (χ0n) is 16.6. The van der Waals surface area contributed by atoms with Crippen molar-refractivity contribution in [1.29, 1.82) is 0 Å². The second-order valence-corrected chi connectivity index (χ2v) is 9.24. The third-order valence-corrected chi connectivity index (χ3v) is 6.98. The van der Waals surface area contributed by atoms with Gasteiger partial charge in [-0.15, -0.1) is 0 Å². The van der Waals surface area contributed by atoms with Gasteiger partial charge in [0.05, 0.1) is 23.8 Å². The van der Waals surface area contributed by atoms with E-state index in [0.717, 1.165) is 38.8 Å². The van der Waals surface area contributed by atoms with Crippen molar-refractivity contribution >= 4 is 17.5 Å². The van der Waals surface area contributed by atoms with Crippen molar-refractivity contribution in [2.45, 2.75) is 43.9 Å². The zero-order chi connectivity index (χ0) is 20.6. The quantitative estimate of drug-likeness (QED) is 0.757. The first-order valence-corrected chi connectivity index (χ1v) is 10.6. The largest absolute Gasteiger partial charge is 0.492 e. The molecular weight excluding hydrogens is 399 g/mol. The van der Waals surface area contributed by atoms with Gasteiger partial charge < -0.3 is 19.9 Å². The van der Waals surface area contributed by atoms with Gasteiger partial charge in [-0.2, -0.15) is 0 Å². The van der Waals surface area contributed by atoms with Gasteiger partial charge in [0.15, 0.2) is 0 Å². The zero-order valence-corrected chi connectivity index (χ0v) is 17.4. The number of amides is 1. The van der Waals surface area contributed by atoms with E-state index in [-0.39, 0.29) is 34.8 Å². The van der Waals surface area contributed by atoms with Crippen LogP contribution < -0.4 is 10.1 Å². The Bertz CT molecular complexity index is 761. The highest BCUT2D eigenvalue weighted by Crippen LogP contribution is 2.46. The summed E-state index contributed by atoms with van der Waals surface area (Å²) in [6.45, 7) is 4.62. The summed E-state index contributed by atoms with van der Waals surface area (Å²) in [6, 6.07) is 4.14. The van der Waals surface area contributed by atoms with E-state index in [4.69, 9.17) is 21.1 Å². The lowest BCUT2D eigenvalue weighted by Gasteiger charge is -2.57. The van der Waals surface area contributed by atoms with Gasteiger partial charge in [0.2, 0.25) is 5.91 Å². The molecule has 2 N–H and O–H groups in total. The normalized spacial score (nSPS) is 30.5. The molecule has 1 aromatic rings. The summed E-state index contributed by atoms with van der Waals surface area (Å²) in [5, 5.41) is 14.5. The van der Waals surface area contributed by atoms with Gasteiger partial charge in [-0.25, -0.2) is 4.39 Å². The molecule has 0 radical (unpaired) electrons. The summed E-state index contributed by atoms with van der Waals surface area (Å²) < 4.78 is 24.3. The SMILES string of the molecule is CC(O)(C1CC2(COCC(=O)N2)C1)N1CCC(COc2ccc(F)cc2Cl)CC1. The van der Waals surface area contributed by atoms with Gasteiger partial charge >= 0.3 is 0 Å². The molecule has 29 heavy (non-hydrogen) atoms. The number of aliphatic hydroxyl groups is 1. The molecule has 1 atom stereocenters. The average molecular weight is 427 g/mol. The van der Waals surface area contributed by atoms with E-state index in [1.807, 2.05) is 6.92 Å². The molecule has 3 fully saturated rings. The number of hydrogen-bond donors (Lipinski definition) is 2. The number of carbonyl (C=O) groups is 1. The number of carbonyl (C=O) groups excluding carboxylic acids is 1. The Labute approximate surface area is 175 Å². The predicted octanol–water partition coefficient (Wildman–Crippen LogP) is 2.57. The minimum Gasteiger partial charge on any atom is -0.492 e. The molecule has 0 aromatic heterocycles. The Morgan fingerprint density at radius 3 is 2.79 bits per heavy atom. The van der Waals surface area contributed by atoms with Crippen LogP contribution in [0.2, 0.25) is 5.02 Å². The molecule has 160 valence electrons. The van der Waals surface area contributed by atoms with E-state index in [9.17, 15) is 14.3 Å². The molecule has 0 bridgehead atoms. The third-order valence-electron chi connectivity index (χ3n) is 6.69. The van der Waals surface area contributed by atoms with Crippen molar-refractivity contribution < 1.29 is 23.8 Å². The predicted molar refractivity (Wildman–Crippen MR) is 106 cm³/mol.